The molecule has 7 nitrogen and oxygen atoms in total. The Labute approximate surface area is 148 Å². The molecule has 2 unspecified atom stereocenters. The summed E-state index contributed by atoms with van der Waals surface area (Å²) in [6.45, 7) is 6.65. The van der Waals surface area contributed by atoms with E-state index in [0.29, 0.717) is 24.5 Å². The molecule has 0 spiro atoms. The highest BCUT2D eigenvalue weighted by Crippen LogP contribution is 2.50. The molecule has 7 heteroatoms. The lowest BCUT2D eigenvalue weighted by Gasteiger charge is -2.57. The standard InChI is InChI=1S/C18H27N3O4/c1-4-24-14-11-18(20,17(14,2)3)16(23)21-12-5-7-13(8-6-12)25-10-9-15(19)22/h5-8,14H,4,9-11,20H2,1-3H3,(H2,19,22)(H,21,23). The minimum absolute atomic E-state index is 0.0192. The minimum Gasteiger partial charge on any atom is -0.493 e. The zero-order chi connectivity index (χ0) is 18.7. The molecule has 0 aliphatic heterocycles. The van der Waals surface area contributed by atoms with Crippen molar-refractivity contribution in [3.63, 3.8) is 0 Å². The predicted octanol–water partition coefficient (Wildman–Crippen LogP) is 1.41. The van der Waals surface area contributed by atoms with Crippen molar-refractivity contribution in [1.29, 1.82) is 0 Å². The van der Waals surface area contributed by atoms with Gasteiger partial charge in [-0.25, -0.2) is 0 Å². The highest BCUT2D eigenvalue weighted by Gasteiger charge is 2.62. The first-order chi connectivity index (χ1) is 11.7. The van der Waals surface area contributed by atoms with Crippen LogP contribution in [0.4, 0.5) is 5.69 Å². The van der Waals surface area contributed by atoms with Crippen LogP contribution in [0.2, 0.25) is 0 Å². The molecule has 0 bridgehead atoms. The fourth-order valence-corrected chi connectivity index (χ4v) is 2.97. The molecule has 0 aromatic heterocycles. The Morgan fingerprint density at radius 3 is 2.44 bits per heavy atom. The van der Waals surface area contributed by atoms with Crippen molar-refractivity contribution in [2.24, 2.45) is 16.9 Å². The molecule has 2 rings (SSSR count). The summed E-state index contributed by atoms with van der Waals surface area (Å²) in [6, 6.07) is 6.89. The number of ether oxygens (including phenoxy) is 2. The molecule has 1 aliphatic carbocycles. The summed E-state index contributed by atoms with van der Waals surface area (Å²) in [5.41, 5.74) is 10.6. The van der Waals surface area contributed by atoms with Gasteiger partial charge < -0.3 is 26.3 Å². The van der Waals surface area contributed by atoms with Crippen molar-refractivity contribution in [3.8, 4) is 5.75 Å². The van der Waals surface area contributed by atoms with Crippen molar-refractivity contribution in [3.05, 3.63) is 24.3 Å². The zero-order valence-electron chi connectivity index (χ0n) is 15.0. The number of benzene rings is 1. The topological polar surface area (TPSA) is 117 Å². The highest BCUT2D eigenvalue weighted by atomic mass is 16.5. The lowest BCUT2D eigenvalue weighted by atomic mass is 9.54. The van der Waals surface area contributed by atoms with Crippen LogP contribution in [-0.2, 0) is 14.3 Å². The Kier molecular flexibility index (Phi) is 5.69. The second kappa shape index (κ2) is 7.41. The summed E-state index contributed by atoms with van der Waals surface area (Å²) < 4.78 is 11.0. The first kappa shape index (κ1) is 19.2. The number of carbonyl (C=O) groups excluding carboxylic acids is 2. The molecule has 138 valence electrons. The summed E-state index contributed by atoms with van der Waals surface area (Å²) in [7, 11) is 0. The van der Waals surface area contributed by atoms with Crippen LogP contribution in [0.5, 0.6) is 5.75 Å². The molecule has 0 heterocycles. The summed E-state index contributed by atoms with van der Waals surface area (Å²) >= 11 is 0. The molecule has 25 heavy (non-hydrogen) atoms. The number of anilines is 1. The van der Waals surface area contributed by atoms with Crippen molar-refractivity contribution in [2.45, 2.75) is 45.3 Å². The van der Waals surface area contributed by atoms with Gasteiger partial charge in [0, 0.05) is 24.1 Å². The Morgan fingerprint density at radius 1 is 1.28 bits per heavy atom. The number of primary amides is 1. The van der Waals surface area contributed by atoms with Crippen molar-refractivity contribution in [1.82, 2.24) is 0 Å². The Hall–Kier alpha value is -2.12. The molecule has 1 fully saturated rings. The van der Waals surface area contributed by atoms with Gasteiger partial charge in [-0.1, -0.05) is 13.8 Å². The maximum absolute atomic E-state index is 12.6. The van der Waals surface area contributed by atoms with E-state index in [0.717, 1.165) is 0 Å². The number of hydrogen-bond acceptors (Lipinski definition) is 5. The van der Waals surface area contributed by atoms with E-state index in [9.17, 15) is 9.59 Å². The van der Waals surface area contributed by atoms with Gasteiger partial charge >= 0.3 is 0 Å². The Morgan fingerprint density at radius 2 is 1.92 bits per heavy atom. The summed E-state index contributed by atoms with van der Waals surface area (Å²) in [5.74, 6) is -0.0384. The van der Waals surface area contributed by atoms with E-state index in [4.69, 9.17) is 20.9 Å². The minimum atomic E-state index is -0.969. The van der Waals surface area contributed by atoms with Gasteiger partial charge in [-0.3, -0.25) is 9.59 Å². The number of hydrogen-bond donors (Lipinski definition) is 3. The smallest absolute Gasteiger partial charge is 0.245 e. The second-order valence-electron chi connectivity index (χ2n) is 6.88. The van der Waals surface area contributed by atoms with E-state index in [1.807, 2.05) is 20.8 Å². The average molecular weight is 349 g/mol. The summed E-state index contributed by atoms with van der Waals surface area (Å²) in [6.07, 6.45) is 0.632. The SMILES string of the molecule is CCOC1CC(N)(C(=O)Nc2ccc(OCCC(N)=O)cc2)C1(C)C. The van der Waals surface area contributed by atoms with Crippen LogP contribution in [0.1, 0.15) is 33.6 Å². The largest absolute Gasteiger partial charge is 0.493 e. The molecular formula is C18H27N3O4. The number of rotatable bonds is 8. The van der Waals surface area contributed by atoms with Gasteiger partial charge in [-0.2, -0.15) is 0 Å². The molecule has 1 aromatic carbocycles. The summed E-state index contributed by atoms with van der Waals surface area (Å²) in [5, 5.41) is 2.86. The molecule has 1 saturated carbocycles. The maximum Gasteiger partial charge on any atom is 0.245 e. The van der Waals surface area contributed by atoms with Crippen molar-refractivity contribution < 1.29 is 19.1 Å². The number of nitrogens with one attached hydrogen (secondary N) is 1. The third-order valence-electron chi connectivity index (χ3n) is 4.96. The normalized spacial score (nSPS) is 24.2. The number of nitrogens with two attached hydrogens (primary N) is 2. The molecule has 0 radical (unpaired) electrons. The van der Waals surface area contributed by atoms with Gasteiger partial charge in [0.2, 0.25) is 11.8 Å². The van der Waals surface area contributed by atoms with E-state index in [-0.39, 0.29) is 25.0 Å². The molecular weight excluding hydrogens is 322 g/mol. The molecule has 1 aromatic rings. The van der Waals surface area contributed by atoms with E-state index in [1.54, 1.807) is 24.3 Å². The fraction of sp³-hybridized carbons (Fsp3) is 0.556. The van der Waals surface area contributed by atoms with E-state index in [2.05, 4.69) is 5.32 Å². The van der Waals surface area contributed by atoms with Crippen molar-refractivity contribution in [2.75, 3.05) is 18.5 Å². The Bertz CT molecular complexity index is 630. The van der Waals surface area contributed by atoms with Crippen LogP contribution in [0, 0.1) is 5.41 Å². The number of amides is 2. The van der Waals surface area contributed by atoms with E-state index >= 15 is 0 Å². The second-order valence-corrected chi connectivity index (χ2v) is 6.88. The average Bonchev–Trinajstić information content (AvgIpc) is 2.55. The van der Waals surface area contributed by atoms with Gasteiger partial charge in [0.1, 0.15) is 11.3 Å². The van der Waals surface area contributed by atoms with Gasteiger partial charge in [0.25, 0.3) is 0 Å². The summed E-state index contributed by atoms with van der Waals surface area (Å²) in [4.78, 5) is 23.3. The van der Waals surface area contributed by atoms with E-state index < -0.39 is 16.9 Å². The third kappa shape index (κ3) is 3.93. The highest BCUT2D eigenvalue weighted by molar-refractivity contribution is 5.99. The van der Waals surface area contributed by atoms with E-state index in [1.165, 1.54) is 0 Å². The quantitative estimate of drug-likeness (QED) is 0.656. The van der Waals surface area contributed by atoms with Crippen LogP contribution >= 0.6 is 0 Å². The molecule has 1 aliphatic rings. The van der Waals surface area contributed by atoms with Crippen LogP contribution in [0.15, 0.2) is 24.3 Å². The molecule has 2 amide bonds. The van der Waals surface area contributed by atoms with Gasteiger partial charge in [-0.15, -0.1) is 0 Å². The predicted molar refractivity (Wildman–Crippen MR) is 95.1 cm³/mol. The van der Waals surface area contributed by atoms with Crippen LogP contribution in [0.3, 0.4) is 0 Å². The van der Waals surface area contributed by atoms with Crippen LogP contribution < -0.4 is 21.5 Å². The maximum atomic E-state index is 12.6. The Balaban J connectivity index is 1.93. The first-order valence-electron chi connectivity index (χ1n) is 8.44. The van der Waals surface area contributed by atoms with Gasteiger partial charge in [0.15, 0.2) is 0 Å². The molecule has 2 atom stereocenters. The first-order valence-corrected chi connectivity index (χ1v) is 8.44. The lowest BCUT2D eigenvalue weighted by molar-refractivity contribution is -0.166. The lowest BCUT2D eigenvalue weighted by Crippen LogP contribution is -2.74. The van der Waals surface area contributed by atoms with Crippen LogP contribution in [-0.4, -0.2) is 36.7 Å². The van der Waals surface area contributed by atoms with Gasteiger partial charge in [0.05, 0.1) is 19.1 Å². The monoisotopic (exact) mass is 349 g/mol. The van der Waals surface area contributed by atoms with Gasteiger partial charge in [-0.05, 0) is 31.2 Å². The molecule has 5 N–H and O–H groups in total. The fourth-order valence-electron chi connectivity index (χ4n) is 2.97. The molecule has 0 saturated heterocycles. The zero-order valence-corrected chi connectivity index (χ0v) is 15.0. The van der Waals surface area contributed by atoms with Crippen molar-refractivity contribution >= 4 is 17.5 Å². The van der Waals surface area contributed by atoms with Crippen LogP contribution in [0.25, 0.3) is 0 Å². The number of carbonyl (C=O) groups is 2. The third-order valence-corrected chi connectivity index (χ3v) is 4.96.